The van der Waals surface area contributed by atoms with Crippen LogP contribution in [0.5, 0.6) is 0 Å². The van der Waals surface area contributed by atoms with Crippen molar-refractivity contribution in [2.45, 2.75) is 44.0 Å². The Kier molecular flexibility index (Phi) is 7.26. The highest BCUT2D eigenvalue weighted by atomic mass is 32.2. The Hall–Kier alpha value is -2.43. The molecule has 174 valence electrons. The number of aryl methyl sites for hydroxylation is 2. The fourth-order valence-corrected chi connectivity index (χ4v) is 7.25. The zero-order chi connectivity index (χ0) is 23.5. The first-order valence-electron chi connectivity index (χ1n) is 10.3. The van der Waals surface area contributed by atoms with Gasteiger partial charge in [0.05, 0.1) is 23.4 Å². The van der Waals surface area contributed by atoms with Gasteiger partial charge in [-0.1, -0.05) is 30.3 Å². The number of nitrogens with one attached hydrogen (secondary N) is 1. The largest absolute Gasteiger partial charge is 0.468 e. The molecule has 32 heavy (non-hydrogen) atoms. The molecule has 0 bridgehead atoms. The van der Waals surface area contributed by atoms with Gasteiger partial charge in [-0.2, -0.15) is 4.72 Å². The highest BCUT2D eigenvalue weighted by Crippen LogP contribution is 2.30. The Morgan fingerprint density at radius 3 is 2.31 bits per heavy atom. The molecule has 0 spiro atoms. The molecule has 0 radical (unpaired) electrons. The number of hydrogen-bond donors (Lipinski definition) is 1. The Morgan fingerprint density at radius 1 is 1.12 bits per heavy atom. The van der Waals surface area contributed by atoms with Gasteiger partial charge in [0.25, 0.3) is 0 Å². The van der Waals surface area contributed by atoms with Crippen LogP contribution in [0, 0.1) is 13.8 Å². The Morgan fingerprint density at radius 2 is 1.75 bits per heavy atom. The molecule has 10 heteroatoms. The summed E-state index contributed by atoms with van der Waals surface area (Å²) in [5.74, 6) is -0.615. The lowest BCUT2D eigenvalue weighted by Crippen LogP contribution is -2.43. The minimum atomic E-state index is -4.09. The average Bonchev–Trinajstić information content (AvgIpc) is 2.72. The summed E-state index contributed by atoms with van der Waals surface area (Å²) in [6, 6.07) is 11.1. The third-order valence-electron chi connectivity index (χ3n) is 5.42. The molecule has 2 aromatic carbocycles. The van der Waals surface area contributed by atoms with Crippen LogP contribution in [0.2, 0.25) is 0 Å². The number of hydrogen-bond acceptors (Lipinski definition) is 6. The third-order valence-corrected chi connectivity index (χ3v) is 9.06. The predicted octanol–water partition coefficient (Wildman–Crippen LogP) is 2.30. The SMILES string of the molecule is COC(=O)[C@H](Cc1ccccc1)NS(=O)(=O)c1c(C)cc(N2CCCCS2(=O)=O)cc1C. The zero-order valence-electron chi connectivity index (χ0n) is 18.4. The maximum Gasteiger partial charge on any atom is 0.324 e. The first kappa shape index (κ1) is 24.2. The smallest absolute Gasteiger partial charge is 0.324 e. The van der Waals surface area contributed by atoms with Crippen molar-refractivity contribution >= 4 is 31.7 Å². The van der Waals surface area contributed by atoms with E-state index in [0.29, 0.717) is 29.8 Å². The van der Waals surface area contributed by atoms with Crippen LogP contribution in [0.3, 0.4) is 0 Å². The summed E-state index contributed by atoms with van der Waals surface area (Å²) in [4.78, 5) is 12.3. The van der Waals surface area contributed by atoms with E-state index in [1.54, 1.807) is 50.2 Å². The highest BCUT2D eigenvalue weighted by Gasteiger charge is 2.31. The number of carbonyl (C=O) groups is 1. The van der Waals surface area contributed by atoms with Crippen LogP contribution >= 0.6 is 0 Å². The summed E-state index contributed by atoms with van der Waals surface area (Å²) in [6.07, 6.45) is 1.50. The number of carbonyl (C=O) groups excluding carboxylic acids is 1. The summed E-state index contributed by atoms with van der Waals surface area (Å²) in [5.41, 5.74) is 2.03. The van der Waals surface area contributed by atoms with Gasteiger partial charge in [0.1, 0.15) is 6.04 Å². The molecule has 1 aliphatic heterocycles. The molecule has 0 amide bonds. The quantitative estimate of drug-likeness (QED) is 0.609. The number of nitrogens with zero attached hydrogens (tertiary/aromatic N) is 1. The van der Waals surface area contributed by atoms with Crippen LogP contribution in [0.1, 0.15) is 29.5 Å². The number of benzene rings is 2. The number of sulfonamides is 2. The minimum Gasteiger partial charge on any atom is -0.468 e. The Bertz CT molecular complexity index is 1170. The molecule has 1 atom stereocenters. The van der Waals surface area contributed by atoms with Crippen LogP contribution in [-0.4, -0.2) is 48.3 Å². The summed E-state index contributed by atoms with van der Waals surface area (Å²) >= 11 is 0. The molecule has 1 fully saturated rings. The van der Waals surface area contributed by atoms with Gasteiger partial charge in [-0.25, -0.2) is 16.8 Å². The predicted molar refractivity (Wildman–Crippen MR) is 123 cm³/mol. The molecule has 1 N–H and O–H groups in total. The van der Waals surface area contributed by atoms with Crippen molar-refractivity contribution in [3.63, 3.8) is 0 Å². The Balaban J connectivity index is 1.93. The Labute approximate surface area is 189 Å². The van der Waals surface area contributed by atoms with Crippen LogP contribution in [0.25, 0.3) is 0 Å². The summed E-state index contributed by atoms with van der Waals surface area (Å²) in [6.45, 7) is 3.60. The third kappa shape index (κ3) is 5.31. The lowest BCUT2D eigenvalue weighted by molar-refractivity contribution is -0.142. The van der Waals surface area contributed by atoms with Crippen LogP contribution in [-0.2, 0) is 36.0 Å². The van der Waals surface area contributed by atoms with Gasteiger partial charge >= 0.3 is 5.97 Å². The van der Waals surface area contributed by atoms with E-state index < -0.39 is 32.1 Å². The summed E-state index contributed by atoms with van der Waals surface area (Å²) < 4.78 is 60.1. The van der Waals surface area contributed by atoms with Crippen molar-refractivity contribution in [3.05, 3.63) is 59.2 Å². The van der Waals surface area contributed by atoms with Crippen molar-refractivity contribution < 1.29 is 26.4 Å². The van der Waals surface area contributed by atoms with E-state index in [1.165, 1.54) is 11.4 Å². The van der Waals surface area contributed by atoms with Gasteiger partial charge in [-0.3, -0.25) is 9.10 Å². The average molecular weight is 481 g/mol. The van der Waals surface area contributed by atoms with E-state index in [4.69, 9.17) is 4.74 Å². The number of rotatable bonds is 7. The van der Waals surface area contributed by atoms with Crippen molar-refractivity contribution in [1.82, 2.24) is 4.72 Å². The van der Waals surface area contributed by atoms with E-state index >= 15 is 0 Å². The van der Waals surface area contributed by atoms with E-state index in [2.05, 4.69) is 4.72 Å². The van der Waals surface area contributed by atoms with Gasteiger partial charge in [0.15, 0.2) is 0 Å². The maximum atomic E-state index is 13.3. The van der Waals surface area contributed by atoms with Crippen LogP contribution in [0.4, 0.5) is 5.69 Å². The molecular formula is C22H28N2O6S2. The minimum absolute atomic E-state index is 0.0256. The van der Waals surface area contributed by atoms with Crippen molar-refractivity contribution in [1.29, 1.82) is 0 Å². The molecule has 2 aromatic rings. The van der Waals surface area contributed by atoms with Crippen molar-refractivity contribution in [3.8, 4) is 0 Å². The molecule has 1 heterocycles. The van der Waals surface area contributed by atoms with E-state index in [-0.39, 0.29) is 17.1 Å². The van der Waals surface area contributed by atoms with Crippen LogP contribution < -0.4 is 9.03 Å². The van der Waals surface area contributed by atoms with Gasteiger partial charge in [0.2, 0.25) is 20.0 Å². The molecule has 1 aliphatic rings. The fraction of sp³-hybridized carbons (Fsp3) is 0.409. The second-order valence-corrected chi connectivity index (χ2v) is 11.6. The van der Waals surface area contributed by atoms with E-state index in [0.717, 1.165) is 12.0 Å². The monoisotopic (exact) mass is 480 g/mol. The second-order valence-electron chi connectivity index (χ2n) is 7.89. The van der Waals surface area contributed by atoms with Gasteiger partial charge in [-0.05, 0) is 61.9 Å². The van der Waals surface area contributed by atoms with Crippen molar-refractivity contribution in [2.75, 3.05) is 23.7 Å². The maximum absolute atomic E-state index is 13.3. The fourth-order valence-electron chi connectivity index (χ4n) is 3.99. The molecule has 1 saturated heterocycles. The van der Waals surface area contributed by atoms with E-state index in [9.17, 15) is 21.6 Å². The molecule has 0 aliphatic carbocycles. The number of esters is 1. The highest BCUT2D eigenvalue weighted by molar-refractivity contribution is 7.92. The molecule has 0 aromatic heterocycles. The van der Waals surface area contributed by atoms with Gasteiger partial charge in [-0.15, -0.1) is 0 Å². The lowest BCUT2D eigenvalue weighted by atomic mass is 10.1. The van der Waals surface area contributed by atoms with Crippen molar-refractivity contribution in [2.24, 2.45) is 0 Å². The molecule has 0 unspecified atom stereocenters. The number of anilines is 1. The van der Waals surface area contributed by atoms with Crippen LogP contribution in [0.15, 0.2) is 47.4 Å². The molecule has 3 rings (SSSR count). The normalized spacial score (nSPS) is 17.0. The first-order valence-corrected chi connectivity index (χ1v) is 13.4. The second kappa shape index (κ2) is 9.60. The topological polar surface area (TPSA) is 110 Å². The first-order chi connectivity index (χ1) is 15.0. The molecular weight excluding hydrogens is 452 g/mol. The standard InChI is InChI=1S/C22H28N2O6S2/c1-16-13-19(24-11-7-8-12-31(24,26)27)14-17(2)21(16)32(28,29)23-20(22(25)30-3)15-18-9-5-4-6-10-18/h4-6,9-10,13-14,20,23H,7-8,11-12,15H2,1-3H3/t20-/m0/s1. The molecule has 0 saturated carbocycles. The van der Waals surface area contributed by atoms with Gasteiger partial charge in [0, 0.05) is 6.54 Å². The zero-order valence-corrected chi connectivity index (χ0v) is 20.0. The summed E-state index contributed by atoms with van der Waals surface area (Å²) in [7, 11) is -6.30. The van der Waals surface area contributed by atoms with Gasteiger partial charge < -0.3 is 4.74 Å². The summed E-state index contributed by atoms with van der Waals surface area (Å²) in [5, 5.41) is 0. The molecule has 8 nitrogen and oxygen atoms in total. The lowest BCUT2D eigenvalue weighted by Gasteiger charge is -2.29. The number of methoxy groups -OCH3 is 1. The van der Waals surface area contributed by atoms with E-state index in [1.807, 2.05) is 6.07 Å². The number of ether oxygens (including phenoxy) is 1.